The number of nitro groups is 1. The van der Waals surface area contributed by atoms with Crippen molar-refractivity contribution in [3.8, 4) is 5.88 Å². The summed E-state index contributed by atoms with van der Waals surface area (Å²) in [6, 6.07) is 3.78. The molecule has 0 aliphatic carbocycles. The second kappa shape index (κ2) is 5.61. The van der Waals surface area contributed by atoms with E-state index in [0.717, 1.165) is 4.88 Å². The summed E-state index contributed by atoms with van der Waals surface area (Å²) in [6.45, 7) is 1.80. The number of nitrogens with zero attached hydrogens (tertiary/aromatic N) is 3. The van der Waals surface area contributed by atoms with E-state index in [0.29, 0.717) is 5.95 Å². The molecule has 0 spiro atoms. The van der Waals surface area contributed by atoms with Crippen LogP contribution in [0.15, 0.2) is 17.5 Å². The van der Waals surface area contributed by atoms with Crippen molar-refractivity contribution in [3.63, 3.8) is 0 Å². The zero-order valence-corrected chi connectivity index (χ0v) is 11.2. The number of aryl methyl sites for hydroxylation is 1. The van der Waals surface area contributed by atoms with E-state index in [2.05, 4.69) is 15.3 Å². The lowest BCUT2D eigenvalue weighted by atomic mass is 10.3. The van der Waals surface area contributed by atoms with Crippen LogP contribution in [0.3, 0.4) is 0 Å². The topological polar surface area (TPSA) is 90.2 Å². The molecule has 100 valence electrons. The van der Waals surface area contributed by atoms with Crippen LogP contribution in [-0.2, 0) is 6.61 Å². The summed E-state index contributed by atoms with van der Waals surface area (Å²) in [4.78, 5) is 19.4. The first-order valence-corrected chi connectivity index (χ1v) is 6.35. The summed E-state index contributed by atoms with van der Waals surface area (Å²) in [5.41, 5.74) is 0.0704. The molecule has 0 atom stereocenters. The number of hydrogen-bond donors (Lipinski definition) is 1. The quantitative estimate of drug-likeness (QED) is 0.668. The summed E-state index contributed by atoms with van der Waals surface area (Å²) in [7, 11) is 1.64. The van der Waals surface area contributed by atoms with E-state index >= 15 is 0 Å². The van der Waals surface area contributed by atoms with E-state index in [4.69, 9.17) is 4.74 Å². The van der Waals surface area contributed by atoms with Gasteiger partial charge in [-0.15, -0.1) is 11.3 Å². The maximum atomic E-state index is 11.0. The number of anilines is 1. The Kier molecular flexibility index (Phi) is 3.91. The molecule has 0 bridgehead atoms. The first-order chi connectivity index (χ1) is 9.11. The van der Waals surface area contributed by atoms with Crippen molar-refractivity contribution in [2.24, 2.45) is 0 Å². The minimum atomic E-state index is -0.529. The van der Waals surface area contributed by atoms with Gasteiger partial charge in [0.15, 0.2) is 0 Å². The highest BCUT2D eigenvalue weighted by Gasteiger charge is 2.23. The fourth-order valence-electron chi connectivity index (χ4n) is 1.50. The second-order valence-electron chi connectivity index (χ2n) is 3.66. The molecule has 0 aliphatic heterocycles. The minimum absolute atomic E-state index is 0.0183. The summed E-state index contributed by atoms with van der Waals surface area (Å²) in [5, 5.41) is 15.7. The summed E-state index contributed by atoms with van der Waals surface area (Å²) in [5.74, 6) is 0.277. The Morgan fingerprint density at radius 1 is 1.53 bits per heavy atom. The lowest BCUT2D eigenvalue weighted by Crippen LogP contribution is -2.07. The van der Waals surface area contributed by atoms with Crippen molar-refractivity contribution in [3.05, 3.63) is 38.2 Å². The Bertz CT molecular complexity index is 586. The van der Waals surface area contributed by atoms with Gasteiger partial charge in [0.1, 0.15) is 12.3 Å². The van der Waals surface area contributed by atoms with E-state index in [9.17, 15) is 10.1 Å². The maximum Gasteiger partial charge on any atom is 0.352 e. The standard InChI is InChI=1S/C11H12N4O3S/c1-7-9(15(16)17)10(14-11(12-2)13-7)18-6-8-4-3-5-19-8/h3-5H,6H2,1-2H3,(H,12,13,14). The van der Waals surface area contributed by atoms with Gasteiger partial charge >= 0.3 is 5.69 Å². The van der Waals surface area contributed by atoms with Gasteiger partial charge < -0.3 is 10.1 Å². The number of hydrogen-bond acceptors (Lipinski definition) is 7. The molecule has 1 N–H and O–H groups in total. The number of rotatable bonds is 5. The van der Waals surface area contributed by atoms with E-state index in [1.807, 2.05) is 17.5 Å². The van der Waals surface area contributed by atoms with Gasteiger partial charge in [0.2, 0.25) is 5.95 Å². The minimum Gasteiger partial charge on any atom is -0.467 e. The molecule has 0 saturated carbocycles. The molecule has 2 rings (SSSR count). The average Bonchev–Trinajstić information content (AvgIpc) is 2.88. The molecule has 2 aromatic rings. The molecule has 0 amide bonds. The van der Waals surface area contributed by atoms with Crippen molar-refractivity contribution in [2.75, 3.05) is 12.4 Å². The third-order valence-corrected chi connectivity index (χ3v) is 3.21. The average molecular weight is 280 g/mol. The smallest absolute Gasteiger partial charge is 0.352 e. The van der Waals surface area contributed by atoms with Crippen LogP contribution in [0, 0.1) is 17.0 Å². The third kappa shape index (κ3) is 2.97. The van der Waals surface area contributed by atoms with Crippen molar-refractivity contribution in [1.82, 2.24) is 9.97 Å². The predicted molar refractivity (Wildman–Crippen MR) is 71.6 cm³/mol. The Morgan fingerprint density at radius 3 is 2.89 bits per heavy atom. The monoisotopic (exact) mass is 280 g/mol. The first-order valence-electron chi connectivity index (χ1n) is 5.47. The maximum absolute atomic E-state index is 11.0. The van der Waals surface area contributed by atoms with E-state index in [1.165, 1.54) is 11.3 Å². The van der Waals surface area contributed by atoms with Crippen molar-refractivity contribution in [2.45, 2.75) is 13.5 Å². The van der Waals surface area contributed by atoms with E-state index in [1.54, 1.807) is 14.0 Å². The molecular weight excluding hydrogens is 268 g/mol. The predicted octanol–water partition coefficient (Wildman–Crippen LogP) is 2.38. The number of thiophene rings is 1. The normalized spacial score (nSPS) is 10.2. The Hall–Kier alpha value is -2.22. The van der Waals surface area contributed by atoms with E-state index in [-0.39, 0.29) is 23.9 Å². The molecule has 7 nitrogen and oxygen atoms in total. The second-order valence-corrected chi connectivity index (χ2v) is 4.69. The Balaban J connectivity index is 2.30. The zero-order valence-electron chi connectivity index (χ0n) is 10.4. The highest BCUT2D eigenvalue weighted by Crippen LogP contribution is 2.29. The molecule has 0 radical (unpaired) electrons. The Morgan fingerprint density at radius 2 is 2.32 bits per heavy atom. The van der Waals surface area contributed by atoms with Crippen molar-refractivity contribution < 1.29 is 9.66 Å². The zero-order chi connectivity index (χ0) is 13.8. The number of nitrogens with one attached hydrogen (secondary N) is 1. The van der Waals surface area contributed by atoms with Gasteiger partial charge in [-0.25, -0.2) is 4.98 Å². The first kappa shape index (κ1) is 13.2. The molecule has 0 aromatic carbocycles. The van der Waals surface area contributed by atoms with Gasteiger partial charge in [0, 0.05) is 11.9 Å². The van der Waals surface area contributed by atoms with Gasteiger partial charge in [0.05, 0.1) is 4.92 Å². The van der Waals surface area contributed by atoms with E-state index < -0.39 is 4.92 Å². The lowest BCUT2D eigenvalue weighted by Gasteiger charge is -2.07. The van der Waals surface area contributed by atoms with Crippen LogP contribution in [0.25, 0.3) is 0 Å². The van der Waals surface area contributed by atoms with Gasteiger partial charge in [-0.2, -0.15) is 4.98 Å². The van der Waals surface area contributed by atoms with Crippen LogP contribution >= 0.6 is 11.3 Å². The number of aromatic nitrogens is 2. The van der Waals surface area contributed by atoms with Crippen molar-refractivity contribution >= 4 is 23.0 Å². The van der Waals surface area contributed by atoms with Gasteiger partial charge in [-0.3, -0.25) is 10.1 Å². The summed E-state index contributed by atoms with van der Waals surface area (Å²) < 4.78 is 5.44. The van der Waals surface area contributed by atoms with Crippen LogP contribution in [-0.4, -0.2) is 21.9 Å². The van der Waals surface area contributed by atoms with Crippen LogP contribution in [0.1, 0.15) is 10.6 Å². The highest BCUT2D eigenvalue weighted by molar-refractivity contribution is 7.09. The SMILES string of the molecule is CNc1nc(C)c([N+](=O)[O-])c(OCc2cccs2)n1. The molecule has 0 aliphatic rings. The fraction of sp³-hybridized carbons (Fsp3) is 0.273. The van der Waals surface area contributed by atoms with Crippen molar-refractivity contribution in [1.29, 1.82) is 0 Å². The largest absolute Gasteiger partial charge is 0.467 e. The molecule has 0 fully saturated rings. The molecule has 0 saturated heterocycles. The summed E-state index contributed by atoms with van der Waals surface area (Å²) >= 11 is 1.52. The Labute approximate surface area is 113 Å². The molecule has 8 heteroatoms. The number of ether oxygens (including phenoxy) is 1. The highest BCUT2D eigenvalue weighted by atomic mass is 32.1. The fourth-order valence-corrected chi connectivity index (χ4v) is 2.11. The van der Waals surface area contributed by atoms with Gasteiger partial charge in [-0.05, 0) is 18.4 Å². The van der Waals surface area contributed by atoms with Crippen LogP contribution in [0.4, 0.5) is 11.6 Å². The van der Waals surface area contributed by atoms with Crippen LogP contribution in [0.5, 0.6) is 5.88 Å². The molecular formula is C11H12N4O3S. The van der Waals surface area contributed by atoms with Gasteiger partial charge in [0.25, 0.3) is 5.88 Å². The third-order valence-electron chi connectivity index (χ3n) is 2.36. The van der Waals surface area contributed by atoms with Crippen LogP contribution in [0.2, 0.25) is 0 Å². The lowest BCUT2D eigenvalue weighted by molar-refractivity contribution is -0.387. The molecule has 2 heterocycles. The van der Waals surface area contributed by atoms with Gasteiger partial charge in [-0.1, -0.05) is 6.07 Å². The molecule has 19 heavy (non-hydrogen) atoms. The molecule has 2 aromatic heterocycles. The van der Waals surface area contributed by atoms with Crippen LogP contribution < -0.4 is 10.1 Å². The summed E-state index contributed by atoms with van der Waals surface area (Å²) in [6.07, 6.45) is 0. The molecule has 0 unspecified atom stereocenters.